The highest BCUT2D eigenvalue weighted by atomic mass is 14.9. The minimum Gasteiger partial charge on any atom is -0.309 e. The predicted molar refractivity (Wildman–Crippen MR) is 76.2 cm³/mol. The van der Waals surface area contributed by atoms with Crippen molar-refractivity contribution in [2.24, 2.45) is 0 Å². The average molecular weight is 238 g/mol. The Morgan fingerprint density at radius 2 is 2.17 bits per heavy atom. The molecule has 0 fully saturated rings. The van der Waals surface area contributed by atoms with E-state index in [9.17, 15) is 0 Å². The summed E-state index contributed by atoms with van der Waals surface area (Å²) in [5.74, 6) is 2.76. The van der Waals surface area contributed by atoms with Crippen molar-refractivity contribution >= 4 is 10.9 Å². The van der Waals surface area contributed by atoms with Gasteiger partial charge >= 0.3 is 0 Å². The molecule has 0 aliphatic rings. The van der Waals surface area contributed by atoms with Crippen LogP contribution in [0, 0.1) is 12.3 Å². The number of rotatable bonds is 5. The largest absolute Gasteiger partial charge is 0.309 e. The van der Waals surface area contributed by atoms with Crippen LogP contribution in [-0.4, -0.2) is 11.5 Å². The molecule has 2 heteroatoms. The van der Waals surface area contributed by atoms with Gasteiger partial charge in [-0.3, -0.25) is 4.98 Å². The molecule has 2 aromatic rings. The van der Waals surface area contributed by atoms with Crippen molar-refractivity contribution in [1.82, 2.24) is 10.3 Å². The standard InChI is InChI=1S/C16H18N2/c1-3-7-15(17-11-4-2)14-10-12-18-16-9-6-5-8-13(14)16/h1,5-6,8-10,12,15,17H,4,7,11H2,2H3. The van der Waals surface area contributed by atoms with Gasteiger partial charge in [-0.2, -0.15) is 0 Å². The van der Waals surface area contributed by atoms with E-state index in [-0.39, 0.29) is 6.04 Å². The van der Waals surface area contributed by atoms with Crippen LogP contribution >= 0.6 is 0 Å². The Morgan fingerprint density at radius 3 is 2.94 bits per heavy atom. The number of terminal acetylenes is 1. The van der Waals surface area contributed by atoms with Gasteiger partial charge in [0.2, 0.25) is 0 Å². The zero-order valence-electron chi connectivity index (χ0n) is 10.7. The van der Waals surface area contributed by atoms with E-state index in [1.807, 2.05) is 24.4 Å². The van der Waals surface area contributed by atoms with Crippen LogP contribution in [0.2, 0.25) is 0 Å². The van der Waals surface area contributed by atoms with E-state index < -0.39 is 0 Å². The molecule has 1 N–H and O–H groups in total. The molecule has 1 heterocycles. The second-order valence-corrected chi connectivity index (χ2v) is 4.33. The molecule has 0 saturated carbocycles. The van der Waals surface area contributed by atoms with Crippen molar-refractivity contribution in [3.63, 3.8) is 0 Å². The minimum absolute atomic E-state index is 0.211. The number of pyridine rings is 1. The summed E-state index contributed by atoms with van der Waals surface area (Å²) in [7, 11) is 0. The lowest BCUT2D eigenvalue weighted by Crippen LogP contribution is -2.22. The maximum absolute atomic E-state index is 5.48. The molecule has 18 heavy (non-hydrogen) atoms. The van der Waals surface area contributed by atoms with Crippen molar-refractivity contribution in [3.8, 4) is 12.3 Å². The van der Waals surface area contributed by atoms with E-state index in [0.29, 0.717) is 6.42 Å². The highest BCUT2D eigenvalue weighted by Gasteiger charge is 2.12. The number of hydrogen-bond donors (Lipinski definition) is 1. The van der Waals surface area contributed by atoms with Gasteiger partial charge in [0.05, 0.1) is 5.52 Å². The number of nitrogens with one attached hydrogen (secondary N) is 1. The normalized spacial score (nSPS) is 12.2. The van der Waals surface area contributed by atoms with Crippen LogP contribution < -0.4 is 5.32 Å². The molecular weight excluding hydrogens is 220 g/mol. The Hall–Kier alpha value is -1.85. The number of nitrogens with zero attached hydrogens (tertiary/aromatic N) is 1. The third-order valence-electron chi connectivity index (χ3n) is 3.02. The third-order valence-corrected chi connectivity index (χ3v) is 3.02. The highest BCUT2D eigenvalue weighted by Crippen LogP contribution is 2.24. The van der Waals surface area contributed by atoms with Gasteiger partial charge in [0.1, 0.15) is 0 Å². The van der Waals surface area contributed by atoms with Gasteiger partial charge in [0.25, 0.3) is 0 Å². The lowest BCUT2D eigenvalue weighted by Gasteiger charge is -2.18. The number of para-hydroxylation sites is 1. The van der Waals surface area contributed by atoms with Gasteiger partial charge in [0.15, 0.2) is 0 Å². The molecule has 0 saturated heterocycles. The molecule has 1 aromatic heterocycles. The zero-order chi connectivity index (χ0) is 12.8. The number of benzene rings is 1. The fourth-order valence-corrected chi connectivity index (χ4v) is 2.15. The minimum atomic E-state index is 0.211. The van der Waals surface area contributed by atoms with Crippen LogP contribution in [0.25, 0.3) is 10.9 Å². The van der Waals surface area contributed by atoms with E-state index in [0.717, 1.165) is 18.5 Å². The molecule has 1 atom stereocenters. The van der Waals surface area contributed by atoms with E-state index in [4.69, 9.17) is 6.42 Å². The second-order valence-electron chi connectivity index (χ2n) is 4.33. The lowest BCUT2D eigenvalue weighted by atomic mass is 9.99. The molecule has 92 valence electrons. The van der Waals surface area contributed by atoms with E-state index in [1.54, 1.807) is 0 Å². The molecule has 0 spiro atoms. The Labute approximate surface area is 108 Å². The Bertz CT molecular complexity index is 549. The van der Waals surface area contributed by atoms with Crippen LogP contribution in [0.4, 0.5) is 0 Å². The summed E-state index contributed by atoms with van der Waals surface area (Å²) in [5.41, 5.74) is 2.27. The van der Waals surface area contributed by atoms with Gasteiger partial charge in [-0.1, -0.05) is 25.1 Å². The van der Waals surface area contributed by atoms with Crippen LogP contribution in [0.1, 0.15) is 31.4 Å². The quantitative estimate of drug-likeness (QED) is 0.808. The van der Waals surface area contributed by atoms with Gasteiger partial charge < -0.3 is 5.32 Å². The number of hydrogen-bond acceptors (Lipinski definition) is 2. The smallest absolute Gasteiger partial charge is 0.0705 e. The molecule has 0 aliphatic carbocycles. The monoisotopic (exact) mass is 238 g/mol. The molecule has 1 unspecified atom stereocenters. The molecule has 2 rings (SSSR count). The van der Waals surface area contributed by atoms with Gasteiger partial charge in [-0.05, 0) is 30.7 Å². The fraction of sp³-hybridized carbons (Fsp3) is 0.312. The van der Waals surface area contributed by atoms with Crippen LogP contribution in [-0.2, 0) is 0 Å². The average Bonchev–Trinajstić information content (AvgIpc) is 2.43. The number of aromatic nitrogens is 1. The van der Waals surface area contributed by atoms with Gasteiger partial charge in [-0.25, -0.2) is 0 Å². The predicted octanol–water partition coefficient (Wildman–Crippen LogP) is 3.30. The molecule has 2 nitrogen and oxygen atoms in total. The van der Waals surface area contributed by atoms with E-state index >= 15 is 0 Å². The summed E-state index contributed by atoms with van der Waals surface area (Å²) in [4.78, 5) is 4.39. The van der Waals surface area contributed by atoms with Gasteiger partial charge in [-0.15, -0.1) is 12.3 Å². The SMILES string of the molecule is C#CCC(NCCC)c1ccnc2ccccc12. The van der Waals surface area contributed by atoms with Crippen LogP contribution in [0.5, 0.6) is 0 Å². The first-order valence-corrected chi connectivity index (χ1v) is 6.37. The first-order valence-electron chi connectivity index (χ1n) is 6.37. The van der Waals surface area contributed by atoms with Crippen molar-refractivity contribution in [3.05, 3.63) is 42.1 Å². The van der Waals surface area contributed by atoms with E-state index in [1.165, 1.54) is 10.9 Å². The third kappa shape index (κ3) is 2.69. The van der Waals surface area contributed by atoms with Crippen LogP contribution in [0.15, 0.2) is 36.5 Å². The van der Waals surface area contributed by atoms with Crippen molar-refractivity contribution < 1.29 is 0 Å². The molecule has 0 amide bonds. The number of fused-ring (bicyclic) bond motifs is 1. The van der Waals surface area contributed by atoms with Crippen molar-refractivity contribution in [1.29, 1.82) is 0 Å². The molecule has 0 bridgehead atoms. The summed E-state index contributed by atoms with van der Waals surface area (Å²) in [6.45, 7) is 3.13. The fourth-order valence-electron chi connectivity index (χ4n) is 2.15. The summed E-state index contributed by atoms with van der Waals surface area (Å²) < 4.78 is 0. The molecule has 1 aromatic carbocycles. The summed E-state index contributed by atoms with van der Waals surface area (Å²) in [5, 5.41) is 4.69. The first kappa shape index (κ1) is 12.6. The first-order chi connectivity index (χ1) is 8.86. The van der Waals surface area contributed by atoms with Crippen molar-refractivity contribution in [2.45, 2.75) is 25.8 Å². The molecule has 0 radical (unpaired) electrons. The van der Waals surface area contributed by atoms with Gasteiger partial charge in [0, 0.05) is 24.0 Å². The maximum Gasteiger partial charge on any atom is 0.0705 e. The summed E-state index contributed by atoms with van der Waals surface area (Å²) >= 11 is 0. The Morgan fingerprint density at radius 1 is 1.33 bits per heavy atom. The van der Waals surface area contributed by atoms with E-state index in [2.05, 4.69) is 35.3 Å². The Kier molecular flexibility index (Phi) is 4.33. The topological polar surface area (TPSA) is 24.9 Å². The van der Waals surface area contributed by atoms with Crippen molar-refractivity contribution in [2.75, 3.05) is 6.54 Å². The van der Waals surface area contributed by atoms with Crippen LogP contribution in [0.3, 0.4) is 0 Å². The summed E-state index contributed by atoms with van der Waals surface area (Å²) in [6, 6.07) is 10.5. The maximum atomic E-state index is 5.48. The lowest BCUT2D eigenvalue weighted by molar-refractivity contribution is 0.545. The molecular formula is C16H18N2. The Balaban J connectivity index is 2.40. The highest BCUT2D eigenvalue weighted by molar-refractivity contribution is 5.82. The summed E-state index contributed by atoms with van der Waals surface area (Å²) in [6.07, 6.45) is 9.14. The second kappa shape index (κ2) is 6.18. The molecule has 0 aliphatic heterocycles. The zero-order valence-corrected chi connectivity index (χ0v) is 10.7.